The van der Waals surface area contributed by atoms with E-state index in [1.165, 1.54) is 12.3 Å². The van der Waals surface area contributed by atoms with Crippen molar-refractivity contribution in [2.24, 2.45) is 7.05 Å². The van der Waals surface area contributed by atoms with E-state index in [1.54, 1.807) is 22.2 Å². The standard InChI is InChI=1S/C23H20N2O2.C5H5N5/c1-3-17-15-16-9-7-12-19(20-13-8-14-21(26)24(20)2)22(16)23(27)25(17)18-10-5-4-6-11-18;6-1-3-2-9-5(8)10-4(3)7/h4-15H,3H2,1-2H3;2H,(H4,7,8,9,10). The van der Waals surface area contributed by atoms with E-state index in [1.807, 2.05) is 67.6 Å². The molecule has 184 valence electrons. The number of anilines is 2. The summed E-state index contributed by atoms with van der Waals surface area (Å²) in [6, 6.07) is 24.5. The van der Waals surface area contributed by atoms with Gasteiger partial charge in [0.25, 0.3) is 11.1 Å². The highest BCUT2D eigenvalue weighted by Gasteiger charge is 2.15. The highest BCUT2D eigenvalue weighted by atomic mass is 16.1. The molecule has 4 N–H and O–H groups in total. The summed E-state index contributed by atoms with van der Waals surface area (Å²) in [6.07, 6.45) is 2.03. The van der Waals surface area contributed by atoms with Gasteiger partial charge in [-0.05, 0) is 36.1 Å². The predicted molar refractivity (Wildman–Crippen MR) is 145 cm³/mol. The molecule has 0 amide bonds. The average molecular weight is 492 g/mol. The van der Waals surface area contributed by atoms with Crippen LogP contribution in [0.25, 0.3) is 27.7 Å². The normalized spacial score (nSPS) is 10.4. The molecule has 3 aromatic heterocycles. The van der Waals surface area contributed by atoms with Crippen molar-refractivity contribution in [3.05, 3.63) is 111 Å². The van der Waals surface area contributed by atoms with Crippen LogP contribution in [0.1, 0.15) is 18.2 Å². The quantitative estimate of drug-likeness (QED) is 0.393. The minimum atomic E-state index is -0.0990. The first-order valence-corrected chi connectivity index (χ1v) is 11.5. The molecule has 0 aliphatic heterocycles. The molecule has 0 atom stereocenters. The average Bonchev–Trinajstić information content (AvgIpc) is 2.90. The number of nitrogen functional groups attached to an aromatic ring is 2. The summed E-state index contributed by atoms with van der Waals surface area (Å²) in [7, 11) is 1.73. The number of nitriles is 1. The number of nitrogens with two attached hydrogens (primary N) is 2. The number of hydrogen-bond donors (Lipinski definition) is 2. The molecule has 5 rings (SSSR count). The second-order valence-corrected chi connectivity index (χ2v) is 8.18. The van der Waals surface area contributed by atoms with Gasteiger partial charge in [0.15, 0.2) is 0 Å². The Balaban J connectivity index is 0.000000270. The zero-order valence-electron chi connectivity index (χ0n) is 20.4. The van der Waals surface area contributed by atoms with Crippen molar-refractivity contribution in [2.75, 3.05) is 11.5 Å². The molecule has 0 aliphatic rings. The smallest absolute Gasteiger partial charge is 0.263 e. The number of hydrogen-bond acceptors (Lipinski definition) is 7. The number of benzene rings is 2. The van der Waals surface area contributed by atoms with E-state index in [0.717, 1.165) is 34.4 Å². The molecule has 0 spiro atoms. The lowest BCUT2D eigenvalue weighted by Crippen LogP contribution is -2.23. The van der Waals surface area contributed by atoms with Crippen LogP contribution < -0.4 is 22.6 Å². The molecular formula is C28H25N7O2. The van der Waals surface area contributed by atoms with E-state index in [-0.39, 0.29) is 28.4 Å². The fraction of sp³-hybridized carbons (Fsp3) is 0.107. The molecule has 0 saturated heterocycles. The van der Waals surface area contributed by atoms with E-state index in [0.29, 0.717) is 5.39 Å². The van der Waals surface area contributed by atoms with E-state index in [4.69, 9.17) is 16.7 Å². The second kappa shape index (κ2) is 10.6. The van der Waals surface area contributed by atoms with Crippen LogP contribution in [0.4, 0.5) is 11.8 Å². The van der Waals surface area contributed by atoms with Gasteiger partial charge in [-0.2, -0.15) is 10.2 Å². The van der Waals surface area contributed by atoms with Gasteiger partial charge >= 0.3 is 0 Å². The number of aromatic nitrogens is 4. The van der Waals surface area contributed by atoms with Gasteiger partial charge in [0.2, 0.25) is 5.95 Å². The summed E-state index contributed by atoms with van der Waals surface area (Å²) < 4.78 is 3.35. The zero-order valence-corrected chi connectivity index (χ0v) is 20.4. The van der Waals surface area contributed by atoms with Crippen molar-refractivity contribution in [1.82, 2.24) is 19.1 Å². The summed E-state index contributed by atoms with van der Waals surface area (Å²) in [5, 5.41) is 9.87. The van der Waals surface area contributed by atoms with Gasteiger partial charge in [-0.3, -0.25) is 14.2 Å². The van der Waals surface area contributed by atoms with Crippen LogP contribution in [0.2, 0.25) is 0 Å². The van der Waals surface area contributed by atoms with Crippen LogP contribution in [0.15, 0.2) is 88.6 Å². The summed E-state index contributed by atoms with van der Waals surface area (Å²) in [5.74, 6) is 0.200. The van der Waals surface area contributed by atoms with Crippen LogP contribution in [0.5, 0.6) is 0 Å². The third-order valence-electron chi connectivity index (χ3n) is 5.92. The van der Waals surface area contributed by atoms with Gasteiger partial charge in [0.1, 0.15) is 17.5 Å². The largest absolute Gasteiger partial charge is 0.382 e. The number of fused-ring (bicyclic) bond motifs is 1. The van der Waals surface area contributed by atoms with E-state index in [2.05, 4.69) is 16.0 Å². The van der Waals surface area contributed by atoms with Gasteiger partial charge in [-0.1, -0.05) is 49.4 Å². The number of nitrogens with zero attached hydrogens (tertiary/aromatic N) is 5. The van der Waals surface area contributed by atoms with Gasteiger partial charge in [0.05, 0.1) is 17.3 Å². The Bertz CT molecular complexity index is 1750. The minimum absolute atomic E-state index is 0.0672. The summed E-state index contributed by atoms with van der Waals surface area (Å²) >= 11 is 0. The number of pyridine rings is 2. The van der Waals surface area contributed by atoms with Crippen molar-refractivity contribution in [2.45, 2.75) is 13.3 Å². The minimum Gasteiger partial charge on any atom is -0.382 e. The van der Waals surface area contributed by atoms with Crippen LogP contribution in [-0.2, 0) is 13.5 Å². The Kier molecular flexibility index (Phi) is 7.11. The molecular weight excluding hydrogens is 466 g/mol. The van der Waals surface area contributed by atoms with E-state index < -0.39 is 0 Å². The summed E-state index contributed by atoms with van der Waals surface area (Å²) in [5.41, 5.74) is 13.8. The monoisotopic (exact) mass is 491 g/mol. The molecule has 9 nitrogen and oxygen atoms in total. The highest BCUT2D eigenvalue weighted by Crippen LogP contribution is 2.27. The van der Waals surface area contributed by atoms with Crippen LogP contribution in [0, 0.1) is 11.3 Å². The van der Waals surface area contributed by atoms with E-state index in [9.17, 15) is 9.59 Å². The van der Waals surface area contributed by atoms with Crippen molar-refractivity contribution in [3.63, 3.8) is 0 Å². The highest BCUT2D eigenvalue weighted by molar-refractivity contribution is 5.95. The Hall–Kier alpha value is -5.23. The molecule has 0 radical (unpaired) electrons. The lowest BCUT2D eigenvalue weighted by molar-refractivity contribution is 0.869. The number of aryl methyl sites for hydroxylation is 1. The molecule has 5 aromatic rings. The first-order valence-electron chi connectivity index (χ1n) is 11.5. The summed E-state index contributed by atoms with van der Waals surface area (Å²) in [6.45, 7) is 2.05. The number of para-hydroxylation sites is 1. The van der Waals surface area contributed by atoms with Crippen LogP contribution in [-0.4, -0.2) is 19.1 Å². The first kappa shape index (κ1) is 24.9. The Morgan fingerprint density at radius 2 is 1.70 bits per heavy atom. The maximum Gasteiger partial charge on any atom is 0.263 e. The molecule has 0 fully saturated rings. The van der Waals surface area contributed by atoms with Gasteiger partial charge in [0, 0.05) is 30.1 Å². The van der Waals surface area contributed by atoms with Crippen LogP contribution in [0.3, 0.4) is 0 Å². The van der Waals surface area contributed by atoms with E-state index >= 15 is 0 Å². The zero-order chi connectivity index (χ0) is 26.5. The van der Waals surface area contributed by atoms with Gasteiger partial charge in [-0.25, -0.2) is 4.98 Å². The predicted octanol–water partition coefficient (Wildman–Crippen LogP) is 3.43. The third-order valence-corrected chi connectivity index (χ3v) is 5.92. The molecule has 9 heteroatoms. The van der Waals surface area contributed by atoms with Crippen molar-refractivity contribution < 1.29 is 0 Å². The Labute approximate surface area is 212 Å². The second-order valence-electron chi connectivity index (χ2n) is 8.18. The number of rotatable bonds is 3. The van der Waals surface area contributed by atoms with Crippen molar-refractivity contribution in [1.29, 1.82) is 5.26 Å². The van der Waals surface area contributed by atoms with Crippen molar-refractivity contribution in [3.8, 4) is 23.0 Å². The molecule has 0 unspecified atom stereocenters. The Morgan fingerprint density at radius 3 is 2.38 bits per heavy atom. The topological polar surface area (TPSA) is 146 Å². The molecule has 0 bridgehead atoms. The molecule has 3 heterocycles. The lowest BCUT2D eigenvalue weighted by atomic mass is 10.0. The fourth-order valence-corrected chi connectivity index (χ4v) is 4.08. The summed E-state index contributed by atoms with van der Waals surface area (Å²) in [4.78, 5) is 32.8. The maximum absolute atomic E-state index is 13.6. The molecule has 0 saturated carbocycles. The fourth-order valence-electron chi connectivity index (χ4n) is 4.08. The lowest BCUT2D eigenvalue weighted by Gasteiger charge is -2.16. The maximum atomic E-state index is 13.6. The first-order chi connectivity index (χ1) is 17.8. The molecule has 2 aromatic carbocycles. The van der Waals surface area contributed by atoms with Gasteiger partial charge in [-0.15, -0.1) is 0 Å². The van der Waals surface area contributed by atoms with Gasteiger partial charge < -0.3 is 16.0 Å². The third kappa shape index (κ3) is 4.94. The van der Waals surface area contributed by atoms with Crippen molar-refractivity contribution >= 4 is 22.5 Å². The molecule has 0 aliphatic carbocycles. The SMILES string of the molecule is CCc1cc2cccc(-c3cccc(=O)n3C)c2c(=O)n1-c1ccccc1.N#Cc1cnc(N)nc1N. The molecule has 37 heavy (non-hydrogen) atoms. The Morgan fingerprint density at radius 1 is 0.973 bits per heavy atom. The van der Waals surface area contributed by atoms with Crippen LogP contribution >= 0.6 is 0 Å².